The number of imide groups is 1. The van der Waals surface area contributed by atoms with E-state index in [4.69, 9.17) is 0 Å². The number of nitro groups is 1. The van der Waals surface area contributed by atoms with Crippen molar-refractivity contribution in [1.29, 1.82) is 0 Å². The molecule has 2 N–H and O–H groups in total. The number of carbonyl (C=O) groups excluding carboxylic acids is 2. The number of urea groups is 1. The fourth-order valence-corrected chi connectivity index (χ4v) is 4.87. The average molecular weight is 477 g/mol. The van der Waals surface area contributed by atoms with Gasteiger partial charge in [0.25, 0.3) is 21.6 Å². The molecule has 1 heterocycles. The van der Waals surface area contributed by atoms with Crippen LogP contribution in [0.5, 0.6) is 0 Å². The fraction of sp³-hybridized carbons (Fsp3) is 0.333. The summed E-state index contributed by atoms with van der Waals surface area (Å²) in [4.78, 5) is 35.7. The number of anilines is 1. The summed E-state index contributed by atoms with van der Waals surface area (Å²) in [5, 5.41) is 24.1. The third kappa shape index (κ3) is 4.96. The molecule has 0 unspecified atom stereocenters. The molecule has 2 aromatic carbocycles. The minimum atomic E-state index is -4.18. The van der Waals surface area contributed by atoms with Crippen LogP contribution in [0.4, 0.5) is 16.2 Å². The van der Waals surface area contributed by atoms with Gasteiger partial charge in [0.2, 0.25) is 0 Å². The number of hydrogen-bond acceptors (Lipinski definition) is 7. The molecule has 3 rings (SSSR count). The van der Waals surface area contributed by atoms with Crippen LogP contribution < -0.4 is 9.62 Å². The molecule has 1 aliphatic heterocycles. The maximum Gasteiger partial charge on any atom is 0.325 e. The molecule has 1 saturated heterocycles. The van der Waals surface area contributed by atoms with Gasteiger partial charge in [0.05, 0.1) is 34.7 Å². The molecule has 1 fully saturated rings. The molecule has 33 heavy (non-hydrogen) atoms. The van der Waals surface area contributed by atoms with Gasteiger partial charge in [-0.2, -0.15) is 0 Å². The number of nitrogens with zero attached hydrogens (tertiary/aromatic N) is 3. The standard InChI is InChI=1S/C21H24N4O7S/c1-14-4-10-18(11-5-14)33(31,32)24(15-6-8-16(9-7-15)25(29)30)13-17(26)12-23-19(27)21(2,3)22-20(23)28/h4-11,17,26H,12-13H2,1-3H3,(H,22,28)/t17-/m0/s1. The summed E-state index contributed by atoms with van der Waals surface area (Å²) in [5.74, 6) is -0.546. The van der Waals surface area contributed by atoms with Crippen molar-refractivity contribution >= 4 is 33.3 Å². The Kier molecular flexibility index (Phi) is 6.43. The zero-order valence-electron chi connectivity index (χ0n) is 18.3. The zero-order valence-corrected chi connectivity index (χ0v) is 19.1. The summed E-state index contributed by atoms with van der Waals surface area (Å²) in [6.07, 6.45) is -1.43. The maximum atomic E-state index is 13.4. The summed E-state index contributed by atoms with van der Waals surface area (Å²) >= 11 is 0. The van der Waals surface area contributed by atoms with Gasteiger partial charge >= 0.3 is 6.03 Å². The Balaban J connectivity index is 1.93. The second-order valence-corrected chi connectivity index (χ2v) is 10.1. The van der Waals surface area contributed by atoms with Crippen LogP contribution in [0, 0.1) is 17.0 Å². The normalized spacial score (nSPS) is 16.4. The minimum Gasteiger partial charge on any atom is -0.389 e. The van der Waals surface area contributed by atoms with Gasteiger partial charge < -0.3 is 10.4 Å². The number of aliphatic hydroxyl groups is 1. The van der Waals surface area contributed by atoms with Crippen LogP contribution in [0.15, 0.2) is 53.4 Å². The molecule has 3 amide bonds. The number of aliphatic hydroxyl groups excluding tert-OH is 1. The van der Waals surface area contributed by atoms with E-state index in [0.29, 0.717) is 0 Å². The van der Waals surface area contributed by atoms with E-state index in [-0.39, 0.29) is 16.3 Å². The number of aryl methyl sites for hydroxylation is 1. The number of nitro benzene ring substituents is 1. The lowest BCUT2D eigenvalue weighted by atomic mass is 10.1. The second-order valence-electron chi connectivity index (χ2n) is 8.25. The first-order chi connectivity index (χ1) is 15.3. The highest BCUT2D eigenvalue weighted by Gasteiger charge is 2.45. The number of nitrogens with one attached hydrogen (secondary N) is 1. The number of rotatable bonds is 8. The van der Waals surface area contributed by atoms with Crippen LogP contribution in [-0.2, 0) is 14.8 Å². The minimum absolute atomic E-state index is 0.0465. The van der Waals surface area contributed by atoms with Crippen molar-refractivity contribution in [1.82, 2.24) is 10.2 Å². The SMILES string of the molecule is Cc1ccc(S(=O)(=O)N(C[C@@H](O)CN2C(=O)NC(C)(C)C2=O)c2ccc([N+](=O)[O-])cc2)cc1. The lowest BCUT2D eigenvalue weighted by Gasteiger charge is -2.28. The molecule has 1 atom stereocenters. The van der Waals surface area contributed by atoms with Crippen molar-refractivity contribution in [3.8, 4) is 0 Å². The Bertz CT molecular complexity index is 1180. The van der Waals surface area contributed by atoms with Crippen LogP contribution in [0.25, 0.3) is 0 Å². The largest absolute Gasteiger partial charge is 0.389 e. The van der Waals surface area contributed by atoms with Crippen LogP contribution in [0.2, 0.25) is 0 Å². The summed E-state index contributed by atoms with van der Waals surface area (Å²) in [6.45, 7) is 3.91. The summed E-state index contributed by atoms with van der Waals surface area (Å²) in [6, 6.07) is 10.2. The molecular weight excluding hydrogens is 452 g/mol. The highest BCUT2D eigenvalue weighted by molar-refractivity contribution is 7.92. The van der Waals surface area contributed by atoms with Gasteiger partial charge in [-0.3, -0.25) is 24.1 Å². The Morgan fingerprint density at radius 3 is 2.18 bits per heavy atom. The third-order valence-corrected chi connectivity index (χ3v) is 6.98. The van der Waals surface area contributed by atoms with E-state index in [0.717, 1.165) is 26.9 Å². The predicted octanol–water partition coefficient (Wildman–Crippen LogP) is 1.79. The Hall–Kier alpha value is -3.51. The lowest BCUT2D eigenvalue weighted by Crippen LogP contribution is -2.45. The topological polar surface area (TPSA) is 150 Å². The molecule has 0 spiro atoms. The zero-order chi connectivity index (χ0) is 24.6. The first-order valence-electron chi connectivity index (χ1n) is 9.99. The van der Waals surface area contributed by atoms with E-state index in [1.54, 1.807) is 19.1 Å². The molecule has 0 aliphatic carbocycles. The van der Waals surface area contributed by atoms with Gasteiger partial charge in [-0.1, -0.05) is 17.7 Å². The molecule has 0 radical (unpaired) electrons. The van der Waals surface area contributed by atoms with Gasteiger partial charge in [-0.15, -0.1) is 0 Å². The lowest BCUT2D eigenvalue weighted by molar-refractivity contribution is -0.384. The van der Waals surface area contributed by atoms with Crippen LogP contribution in [0.3, 0.4) is 0 Å². The van der Waals surface area contributed by atoms with Crippen molar-refractivity contribution in [3.05, 3.63) is 64.2 Å². The quantitative estimate of drug-likeness (QED) is 0.335. The molecule has 1 aliphatic rings. The Labute approximate surface area is 190 Å². The first-order valence-corrected chi connectivity index (χ1v) is 11.4. The molecule has 176 valence electrons. The number of amides is 3. The number of β-amino-alcohol motifs (C(OH)–C–C–N with tert-alkyl or cyclic N) is 1. The van der Waals surface area contributed by atoms with E-state index in [2.05, 4.69) is 5.32 Å². The number of benzene rings is 2. The van der Waals surface area contributed by atoms with E-state index in [1.807, 2.05) is 0 Å². The fourth-order valence-electron chi connectivity index (χ4n) is 3.36. The highest BCUT2D eigenvalue weighted by atomic mass is 32.2. The molecule has 11 nitrogen and oxygen atoms in total. The number of carbonyl (C=O) groups is 2. The van der Waals surface area contributed by atoms with Gasteiger partial charge in [0.15, 0.2) is 0 Å². The predicted molar refractivity (Wildman–Crippen MR) is 119 cm³/mol. The molecule has 2 aromatic rings. The summed E-state index contributed by atoms with van der Waals surface area (Å²) in [7, 11) is -4.18. The molecule has 0 saturated carbocycles. The second kappa shape index (κ2) is 8.79. The van der Waals surface area contributed by atoms with E-state index in [9.17, 15) is 33.2 Å². The van der Waals surface area contributed by atoms with Crippen molar-refractivity contribution in [2.75, 3.05) is 17.4 Å². The maximum absolute atomic E-state index is 13.4. The summed E-state index contributed by atoms with van der Waals surface area (Å²) in [5.41, 5.74) is -0.439. The van der Waals surface area contributed by atoms with Crippen LogP contribution in [-0.4, -0.2) is 60.0 Å². The van der Waals surface area contributed by atoms with Gasteiger partial charge in [0, 0.05) is 12.1 Å². The van der Waals surface area contributed by atoms with Crippen molar-refractivity contribution in [2.45, 2.75) is 37.3 Å². The number of non-ortho nitro benzene ring substituents is 1. The summed E-state index contributed by atoms with van der Waals surface area (Å²) < 4.78 is 27.7. The number of sulfonamides is 1. The first kappa shape index (κ1) is 24.1. The van der Waals surface area contributed by atoms with Gasteiger partial charge in [0.1, 0.15) is 5.54 Å². The molecular formula is C21H24N4O7S. The smallest absolute Gasteiger partial charge is 0.325 e. The monoisotopic (exact) mass is 476 g/mol. The van der Waals surface area contributed by atoms with Crippen molar-refractivity contribution in [2.24, 2.45) is 0 Å². The van der Waals surface area contributed by atoms with Gasteiger partial charge in [-0.25, -0.2) is 13.2 Å². The molecule has 0 aromatic heterocycles. The van der Waals surface area contributed by atoms with Crippen molar-refractivity contribution in [3.63, 3.8) is 0 Å². The Morgan fingerprint density at radius 1 is 1.12 bits per heavy atom. The van der Waals surface area contributed by atoms with E-state index >= 15 is 0 Å². The van der Waals surface area contributed by atoms with E-state index in [1.165, 1.54) is 38.1 Å². The Morgan fingerprint density at radius 2 is 1.70 bits per heavy atom. The highest BCUT2D eigenvalue weighted by Crippen LogP contribution is 2.27. The average Bonchev–Trinajstić information content (AvgIpc) is 2.93. The van der Waals surface area contributed by atoms with Crippen molar-refractivity contribution < 1.29 is 28.0 Å². The van der Waals surface area contributed by atoms with E-state index < -0.39 is 51.6 Å². The molecule has 0 bridgehead atoms. The van der Waals surface area contributed by atoms with Crippen LogP contribution in [0.1, 0.15) is 19.4 Å². The van der Waals surface area contributed by atoms with Gasteiger partial charge in [-0.05, 0) is 45.0 Å². The van der Waals surface area contributed by atoms with Crippen LogP contribution >= 0.6 is 0 Å². The molecule has 12 heteroatoms. The number of hydrogen-bond donors (Lipinski definition) is 2. The third-order valence-electron chi connectivity index (χ3n) is 5.17.